The van der Waals surface area contributed by atoms with Crippen LogP contribution in [0.25, 0.3) is 0 Å². The Morgan fingerprint density at radius 3 is 2.45 bits per heavy atom. The summed E-state index contributed by atoms with van der Waals surface area (Å²) >= 11 is 0. The molecule has 0 amide bonds. The third-order valence-electron chi connectivity index (χ3n) is 9.24. The van der Waals surface area contributed by atoms with Gasteiger partial charge < -0.3 is 72.3 Å². The first-order valence-electron chi connectivity index (χ1n) is 14.1. The van der Waals surface area contributed by atoms with E-state index in [0.29, 0.717) is 38.8 Å². The van der Waals surface area contributed by atoms with E-state index < -0.39 is 77.8 Å². The van der Waals surface area contributed by atoms with Gasteiger partial charge in [-0.15, -0.1) is 0 Å². The van der Waals surface area contributed by atoms with Crippen LogP contribution in [0.15, 0.2) is 4.99 Å². The van der Waals surface area contributed by atoms with Gasteiger partial charge in [0.15, 0.2) is 12.6 Å². The minimum atomic E-state index is -1.62. The molecule has 3 saturated carbocycles. The molecule has 5 fully saturated rings. The van der Waals surface area contributed by atoms with Crippen molar-refractivity contribution in [3.8, 4) is 0 Å². The number of aliphatic imine (C=N–C) groups is 1. The Balaban J connectivity index is 1.33. The predicted molar refractivity (Wildman–Crippen MR) is 141 cm³/mol. The van der Waals surface area contributed by atoms with Gasteiger partial charge in [-0.25, -0.2) is 0 Å². The lowest BCUT2D eigenvalue weighted by atomic mass is 9.46. The maximum atomic E-state index is 11.9. The van der Waals surface area contributed by atoms with E-state index in [1.807, 2.05) is 0 Å². The zero-order valence-corrected chi connectivity index (χ0v) is 23.1. The number of ether oxygens (including phenoxy) is 4. The van der Waals surface area contributed by atoms with Crippen molar-refractivity contribution in [1.29, 1.82) is 0 Å². The number of fused-ring (bicyclic) bond motifs is 1. The number of aliphatic hydroxyl groups excluding tert-OH is 2. The molecule has 0 aromatic rings. The summed E-state index contributed by atoms with van der Waals surface area (Å²) in [5.41, 5.74) is 14.8. The number of nitrogens with zero attached hydrogens (tertiary/aromatic N) is 1. The largest absolute Gasteiger partial charge is 0.395 e. The van der Waals surface area contributed by atoms with Gasteiger partial charge in [0.2, 0.25) is 0 Å². The highest BCUT2D eigenvalue weighted by Crippen LogP contribution is 2.58. The topological polar surface area (TPSA) is 253 Å². The molecule has 3 aliphatic carbocycles. The molecule has 40 heavy (non-hydrogen) atoms. The van der Waals surface area contributed by atoms with Crippen molar-refractivity contribution in [3.63, 3.8) is 0 Å². The Morgan fingerprint density at radius 2 is 1.80 bits per heavy atom. The molecular formula is C25H46N6O9. The zero-order valence-electron chi connectivity index (χ0n) is 23.1. The fourth-order valence-corrected chi connectivity index (χ4v) is 6.62. The number of hydrogen-bond acceptors (Lipinski definition) is 14. The van der Waals surface area contributed by atoms with E-state index in [4.69, 9.17) is 41.3 Å². The standard InChI is InChI=1S/C25H46N6O9/c1-23(34)10-37-21(16(33)17(23)29-2)40-19-15(31-22(28)24(35)5-6-24)13-14(27)18(25(13,19)36)39-20-12(26)4-3-11(38-20)9-30-7-8-32/h11-21,29-30,32-36H,3-10,26-27H2,1-2H3,(H2,28,31). The quantitative estimate of drug-likeness (QED) is 0.0631. The fourth-order valence-electron chi connectivity index (χ4n) is 6.62. The van der Waals surface area contributed by atoms with Crippen LogP contribution in [0.2, 0.25) is 0 Å². The predicted octanol–water partition coefficient (Wildman–Crippen LogP) is -4.82. The van der Waals surface area contributed by atoms with Gasteiger partial charge in [0, 0.05) is 25.0 Å². The van der Waals surface area contributed by atoms with Crippen LogP contribution in [0.1, 0.15) is 32.6 Å². The molecule has 5 aliphatic rings. The maximum Gasteiger partial charge on any atom is 0.185 e. The highest BCUT2D eigenvalue weighted by Gasteiger charge is 2.79. The van der Waals surface area contributed by atoms with Gasteiger partial charge in [0.05, 0.1) is 37.4 Å². The fraction of sp³-hybridized carbons (Fsp3) is 0.960. The Hall–Kier alpha value is -1.05. The Morgan fingerprint density at radius 1 is 1.10 bits per heavy atom. The lowest BCUT2D eigenvalue weighted by Gasteiger charge is -2.70. The minimum Gasteiger partial charge on any atom is -0.395 e. The van der Waals surface area contributed by atoms with Crippen LogP contribution in [0, 0.1) is 5.92 Å². The average molecular weight is 575 g/mol. The Labute approximate surface area is 233 Å². The molecular weight excluding hydrogens is 528 g/mol. The normalized spacial score (nSPS) is 50.0. The van der Waals surface area contributed by atoms with Crippen molar-refractivity contribution in [3.05, 3.63) is 0 Å². The second-order valence-corrected chi connectivity index (χ2v) is 12.2. The van der Waals surface area contributed by atoms with Gasteiger partial charge in [-0.2, -0.15) is 0 Å². The molecule has 2 heterocycles. The van der Waals surface area contributed by atoms with E-state index in [1.165, 1.54) is 0 Å². The van der Waals surface area contributed by atoms with E-state index in [0.717, 1.165) is 0 Å². The van der Waals surface area contributed by atoms with E-state index in [1.54, 1.807) is 14.0 Å². The molecule has 13 atom stereocenters. The average Bonchev–Trinajstić information content (AvgIpc) is 3.66. The molecule has 230 valence electrons. The summed E-state index contributed by atoms with van der Waals surface area (Å²) in [6.07, 6.45) is -3.17. The smallest absolute Gasteiger partial charge is 0.185 e. The van der Waals surface area contributed by atoms with Crippen molar-refractivity contribution in [2.45, 2.75) is 111 Å². The zero-order chi connectivity index (χ0) is 29.0. The van der Waals surface area contributed by atoms with Crippen molar-refractivity contribution in [2.24, 2.45) is 28.1 Å². The molecule has 0 bridgehead atoms. The molecule has 0 spiro atoms. The summed E-state index contributed by atoms with van der Waals surface area (Å²) in [5, 5.41) is 59.0. The van der Waals surface area contributed by atoms with Crippen LogP contribution in [0.5, 0.6) is 0 Å². The third-order valence-corrected chi connectivity index (χ3v) is 9.24. The van der Waals surface area contributed by atoms with Gasteiger partial charge in [-0.3, -0.25) is 4.99 Å². The molecule has 2 saturated heterocycles. The number of amidine groups is 1. The van der Waals surface area contributed by atoms with E-state index in [9.17, 15) is 20.4 Å². The van der Waals surface area contributed by atoms with E-state index in [-0.39, 0.29) is 25.2 Å². The van der Waals surface area contributed by atoms with Crippen LogP contribution in [0.4, 0.5) is 0 Å². The molecule has 13 unspecified atom stereocenters. The van der Waals surface area contributed by atoms with Crippen LogP contribution in [0.3, 0.4) is 0 Å². The second kappa shape index (κ2) is 11.2. The number of likely N-dealkylation sites (N-methyl/N-ethyl adjacent to an activating group) is 1. The van der Waals surface area contributed by atoms with Crippen LogP contribution in [-0.4, -0.2) is 143 Å². The van der Waals surface area contributed by atoms with E-state index >= 15 is 0 Å². The molecule has 13 N–H and O–H groups in total. The molecule has 0 aromatic heterocycles. The maximum absolute atomic E-state index is 11.9. The number of nitrogens with two attached hydrogens (primary N) is 3. The Kier molecular flexibility index (Phi) is 8.53. The SMILES string of the molecule is CNC1C(O)C(OC2C(N=C(N)C3(O)CC3)C3C(N)C(OC4OC(CNCCO)CCC4N)C23O)OCC1(C)O. The molecule has 0 radical (unpaired) electrons. The lowest BCUT2D eigenvalue weighted by Crippen LogP contribution is -2.91. The van der Waals surface area contributed by atoms with Crippen molar-refractivity contribution >= 4 is 5.84 Å². The number of aliphatic hydroxyl groups is 5. The summed E-state index contributed by atoms with van der Waals surface area (Å²) in [6, 6.07) is -2.60. The minimum absolute atomic E-state index is 0.0104. The molecule has 5 rings (SSSR count). The summed E-state index contributed by atoms with van der Waals surface area (Å²) in [7, 11) is 1.61. The number of hydrogen-bond donors (Lipinski definition) is 10. The third kappa shape index (κ3) is 5.19. The van der Waals surface area contributed by atoms with Crippen molar-refractivity contribution in [1.82, 2.24) is 10.6 Å². The van der Waals surface area contributed by atoms with Crippen LogP contribution < -0.4 is 27.8 Å². The summed E-state index contributed by atoms with van der Waals surface area (Å²) in [6.45, 7) is 2.37. The highest BCUT2D eigenvalue weighted by molar-refractivity contribution is 5.91. The first-order valence-corrected chi connectivity index (χ1v) is 14.1. The van der Waals surface area contributed by atoms with Crippen LogP contribution in [-0.2, 0) is 18.9 Å². The lowest BCUT2D eigenvalue weighted by molar-refractivity contribution is -0.398. The monoisotopic (exact) mass is 574 g/mol. The van der Waals surface area contributed by atoms with Crippen LogP contribution >= 0.6 is 0 Å². The van der Waals surface area contributed by atoms with Gasteiger partial charge in [0.1, 0.15) is 41.0 Å². The summed E-state index contributed by atoms with van der Waals surface area (Å²) in [5.74, 6) is -0.559. The van der Waals surface area contributed by atoms with Crippen molar-refractivity contribution < 1.29 is 44.5 Å². The summed E-state index contributed by atoms with van der Waals surface area (Å²) < 4.78 is 24.1. The van der Waals surface area contributed by atoms with Gasteiger partial charge >= 0.3 is 0 Å². The Bertz CT molecular complexity index is 940. The summed E-state index contributed by atoms with van der Waals surface area (Å²) in [4.78, 5) is 4.52. The number of nitrogens with one attached hydrogen (secondary N) is 2. The molecule has 15 nitrogen and oxygen atoms in total. The number of rotatable bonds is 11. The van der Waals surface area contributed by atoms with Gasteiger partial charge in [-0.1, -0.05) is 0 Å². The highest BCUT2D eigenvalue weighted by atomic mass is 16.7. The first-order chi connectivity index (χ1) is 18.9. The van der Waals surface area contributed by atoms with E-state index in [2.05, 4.69) is 15.6 Å². The molecule has 2 aliphatic heterocycles. The molecule has 0 aromatic carbocycles. The molecule has 15 heteroatoms. The van der Waals surface area contributed by atoms with Gasteiger partial charge in [-0.05, 0) is 39.7 Å². The first kappa shape index (κ1) is 30.4. The second-order valence-electron chi connectivity index (χ2n) is 12.2. The van der Waals surface area contributed by atoms with Gasteiger partial charge in [0.25, 0.3) is 0 Å². The van der Waals surface area contributed by atoms with Crippen molar-refractivity contribution in [2.75, 3.05) is 33.4 Å².